The Morgan fingerprint density at radius 2 is 1.80 bits per heavy atom. The van der Waals surface area contributed by atoms with Crippen LogP contribution in [0.3, 0.4) is 0 Å². The van der Waals surface area contributed by atoms with E-state index in [4.69, 9.17) is 9.79 Å². The summed E-state index contributed by atoms with van der Waals surface area (Å²) in [6.07, 6.45) is 3.99. The third-order valence-corrected chi connectivity index (χ3v) is 8.11. The zero-order chi connectivity index (χ0) is 22.0. The van der Waals surface area contributed by atoms with Crippen molar-refractivity contribution in [2.75, 3.05) is 18.5 Å². The molecule has 3 N–H and O–H groups in total. The van der Waals surface area contributed by atoms with Crippen LogP contribution in [-0.2, 0) is 16.5 Å². The number of unbranched alkanes of at least 4 members (excludes halogenated alkanes) is 1. The van der Waals surface area contributed by atoms with E-state index >= 15 is 0 Å². The zero-order valence-electron chi connectivity index (χ0n) is 17.8. The van der Waals surface area contributed by atoms with E-state index in [1.165, 1.54) is 29.7 Å². The van der Waals surface area contributed by atoms with E-state index in [-0.39, 0.29) is 11.6 Å². The van der Waals surface area contributed by atoms with Crippen molar-refractivity contribution in [1.29, 1.82) is 0 Å². The molecule has 0 radical (unpaired) electrons. The van der Waals surface area contributed by atoms with E-state index in [2.05, 4.69) is 83.6 Å². The predicted molar refractivity (Wildman–Crippen MR) is 131 cm³/mol. The summed E-state index contributed by atoms with van der Waals surface area (Å²) in [5, 5.41) is 3.24. The van der Waals surface area contributed by atoms with Gasteiger partial charge in [-0.15, -0.1) is 11.8 Å². The van der Waals surface area contributed by atoms with Gasteiger partial charge in [-0.1, -0.05) is 56.7 Å². The fourth-order valence-corrected chi connectivity index (χ4v) is 5.57. The largest absolute Gasteiger partial charge is 0.325 e. The van der Waals surface area contributed by atoms with E-state index in [0.29, 0.717) is 19.5 Å². The van der Waals surface area contributed by atoms with Crippen LogP contribution in [0.2, 0.25) is 0 Å². The Kier molecular flexibility index (Phi) is 10.6. The standard InChI is InChI=1S/C23H33BrNO3PS/c1-23(2,20-9-4-3-5-10-20)13-6-7-16-30-22-12-11-19(17-21(22)24)18-25-14-8-15-29(26,27)28/h3-5,9-12,17,25H,6-8,13-16,18H2,1-2H3,(H2,26,27,28). The fourth-order valence-electron chi connectivity index (χ4n) is 3.30. The summed E-state index contributed by atoms with van der Waals surface area (Å²) in [4.78, 5) is 19.0. The highest BCUT2D eigenvalue weighted by Crippen LogP contribution is 2.34. The van der Waals surface area contributed by atoms with Crippen LogP contribution < -0.4 is 5.32 Å². The van der Waals surface area contributed by atoms with Gasteiger partial charge in [-0.3, -0.25) is 4.57 Å². The molecule has 2 rings (SSSR count). The maximum absolute atomic E-state index is 10.8. The highest BCUT2D eigenvalue weighted by molar-refractivity contribution is 9.10. The molecule has 0 fully saturated rings. The molecule has 0 saturated heterocycles. The lowest BCUT2D eigenvalue weighted by Gasteiger charge is -2.25. The van der Waals surface area contributed by atoms with Gasteiger partial charge < -0.3 is 15.1 Å². The summed E-state index contributed by atoms with van der Waals surface area (Å²) in [7, 11) is -3.88. The monoisotopic (exact) mass is 513 g/mol. The van der Waals surface area contributed by atoms with Crippen molar-refractivity contribution in [3.8, 4) is 0 Å². The molecule has 0 aliphatic heterocycles. The summed E-state index contributed by atoms with van der Waals surface area (Å²) >= 11 is 5.56. The van der Waals surface area contributed by atoms with Crippen molar-refractivity contribution < 1.29 is 14.4 Å². The summed E-state index contributed by atoms with van der Waals surface area (Å²) in [5.41, 5.74) is 2.78. The Hall–Kier alpha value is -0.620. The second-order valence-corrected chi connectivity index (χ2v) is 12.0. The van der Waals surface area contributed by atoms with Gasteiger partial charge in [0.15, 0.2) is 0 Å². The number of nitrogens with one attached hydrogen (secondary N) is 1. The van der Waals surface area contributed by atoms with Gasteiger partial charge in [-0.2, -0.15) is 0 Å². The first-order chi connectivity index (χ1) is 14.2. The van der Waals surface area contributed by atoms with Crippen molar-refractivity contribution in [3.05, 3.63) is 64.1 Å². The van der Waals surface area contributed by atoms with Crippen molar-refractivity contribution in [3.63, 3.8) is 0 Å². The minimum atomic E-state index is -3.88. The van der Waals surface area contributed by atoms with Crippen LogP contribution in [0.4, 0.5) is 0 Å². The van der Waals surface area contributed by atoms with E-state index in [0.717, 1.165) is 15.8 Å². The molecule has 0 atom stereocenters. The quantitative estimate of drug-likeness (QED) is 0.165. The van der Waals surface area contributed by atoms with Crippen LogP contribution in [0.5, 0.6) is 0 Å². The Bertz CT molecular complexity index is 826. The molecule has 0 bridgehead atoms. The Morgan fingerprint density at radius 3 is 2.47 bits per heavy atom. The van der Waals surface area contributed by atoms with Gasteiger partial charge in [0.25, 0.3) is 0 Å². The molecule has 2 aromatic rings. The highest BCUT2D eigenvalue weighted by Gasteiger charge is 2.19. The van der Waals surface area contributed by atoms with Crippen LogP contribution in [0.25, 0.3) is 0 Å². The minimum absolute atomic E-state index is 0.0677. The Labute approximate surface area is 193 Å². The molecule has 0 unspecified atom stereocenters. The smallest absolute Gasteiger partial charge is 0.324 e. The Balaban J connectivity index is 1.68. The van der Waals surface area contributed by atoms with Gasteiger partial charge in [0.2, 0.25) is 0 Å². The van der Waals surface area contributed by atoms with Crippen molar-refractivity contribution in [2.45, 2.75) is 56.4 Å². The van der Waals surface area contributed by atoms with E-state index in [1.807, 2.05) is 11.8 Å². The summed E-state index contributed by atoms with van der Waals surface area (Å²) in [6, 6.07) is 17.1. The predicted octanol–water partition coefficient (Wildman–Crippen LogP) is 6.35. The lowest BCUT2D eigenvalue weighted by Crippen LogP contribution is -2.16. The average Bonchev–Trinajstić information content (AvgIpc) is 2.68. The van der Waals surface area contributed by atoms with Crippen LogP contribution in [0, 0.1) is 0 Å². The maximum atomic E-state index is 10.8. The van der Waals surface area contributed by atoms with Crippen LogP contribution in [-0.4, -0.2) is 28.2 Å². The molecular formula is C23H33BrNO3PS. The molecule has 2 aromatic carbocycles. The first-order valence-electron chi connectivity index (χ1n) is 10.4. The molecule has 166 valence electrons. The topological polar surface area (TPSA) is 69.6 Å². The third kappa shape index (κ3) is 9.67. The molecule has 0 spiro atoms. The van der Waals surface area contributed by atoms with Crippen LogP contribution >= 0.6 is 35.3 Å². The number of hydrogen-bond donors (Lipinski definition) is 3. The minimum Gasteiger partial charge on any atom is -0.324 e. The first kappa shape index (κ1) is 25.6. The van der Waals surface area contributed by atoms with Gasteiger partial charge >= 0.3 is 7.60 Å². The molecule has 0 saturated carbocycles. The lowest BCUT2D eigenvalue weighted by molar-refractivity contribution is 0.371. The van der Waals surface area contributed by atoms with E-state index in [1.54, 1.807) is 0 Å². The molecule has 0 amide bonds. The fraction of sp³-hybridized carbons (Fsp3) is 0.478. The second-order valence-electron chi connectivity index (χ2n) is 8.24. The van der Waals surface area contributed by atoms with Gasteiger partial charge in [-0.05, 0) is 76.2 Å². The zero-order valence-corrected chi connectivity index (χ0v) is 21.1. The van der Waals surface area contributed by atoms with Gasteiger partial charge in [0.1, 0.15) is 0 Å². The number of thioether (sulfide) groups is 1. The maximum Gasteiger partial charge on any atom is 0.325 e. The number of benzene rings is 2. The molecular weight excluding hydrogens is 481 g/mol. The van der Waals surface area contributed by atoms with Gasteiger partial charge in [0, 0.05) is 15.9 Å². The molecule has 7 heteroatoms. The van der Waals surface area contributed by atoms with Crippen LogP contribution in [0.15, 0.2) is 57.9 Å². The first-order valence-corrected chi connectivity index (χ1v) is 14.0. The number of halogens is 1. The number of rotatable bonds is 13. The molecule has 30 heavy (non-hydrogen) atoms. The molecule has 4 nitrogen and oxygen atoms in total. The third-order valence-electron chi connectivity index (χ3n) is 5.14. The molecule has 0 aromatic heterocycles. The summed E-state index contributed by atoms with van der Waals surface area (Å²) in [6.45, 7) is 5.94. The van der Waals surface area contributed by atoms with Crippen molar-refractivity contribution >= 4 is 35.3 Å². The SMILES string of the molecule is CC(C)(CCCCSc1ccc(CNCCCP(=O)(O)O)cc1Br)c1ccccc1. The highest BCUT2D eigenvalue weighted by atomic mass is 79.9. The second kappa shape index (κ2) is 12.4. The molecule has 0 aliphatic rings. The van der Waals surface area contributed by atoms with E-state index < -0.39 is 7.60 Å². The van der Waals surface area contributed by atoms with E-state index in [9.17, 15) is 4.57 Å². The summed E-state index contributed by atoms with van der Waals surface area (Å²) in [5.74, 6) is 1.10. The number of hydrogen-bond acceptors (Lipinski definition) is 3. The van der Waals surface area contributed by atoms with Gasteiger partial charge in [-0.25, -0.2) is 0 Å². The van der Waals surface area contributed by atoms with Crippen molar-refractivity contribution in [2.24, 2.45) is 0 Å². The normalized spacial score (nSPS) is 12.3. The molecule has 0 aliphatic carbocycles. The average molecular weight is 514 g/mol. The van der Waals surface area contributed by atoms with Gasteiger partial charge in [0.05, 0.1) is 6.16 Å². The Morgan fingerprint density at radius 1 is 1.07 bits per heavy atom. The van der Waals surface area contributed by atoms with Crippen LogP contribution in [0.1, 0.15) is 50.7 Å². The van der Waals surface area contributed by atoms with Crippen molar-refractivity contribution in [1.82, 2.24) is 5.32 Å². The lowest BCUT2D eigenvalue weighted by atomic mass is 9.80. The summed E-state index contributed by atoms with van der Waals surface area (Å²) < 4.78 is 11.9. The molecule has 0 heterocycles.